The van der Waals surface area contributed by atoms with Crippen LogP contribution < -0.4 is 0 Å². The molecule has 0 heterocycles. The number of ether oxygens (including phenoxy) is 2. The molecule has 0 atom stereocenters. The van der Waals surface area contributed by atoms with E-state index in [1.807, 2.05) is 45.0 Å². The minimum Gasteiger partial charge on any atom is -0.507 e. The topological polar surface area (TPSA) is 58.9 Å². The second kappa shape index (κ2) is 7.69. The van der Waals surface area contributed by atoms with Gasteiger partial charge in [0.25, 0.3) is 0 Å². The lowest BCUT2D eigenvalue weighted by Crippen LogP contribution is -2.03. The van der Waals surface area contributed by atoms with Gasteiger partial charge in [-0.15, -0.1) is 0 Å². The number of methoxy groups -OCH3 is 2. The first kappa shape index (κ1) is 18.3. The van der Waals surface area contributed by atoms with Crippen LogP contribution in [0.5, 0.6) is 11.5 Å². The van der Waals surface area contributed by atoms with Crippen molar-refractivity contribution in [3.63, 3.8) is 0 Å². The van der Waals surface area contributed by atoms with Gasteiger partial charge in [0, 0.05) is 42.4 Å². The van der Waals surface area contributed by atoms with Crippen molar-refractivity contribution in [3.05, 3.63) is 57.6 Å². The van der Waals surface area contributed by atoms with Crippen LogP contribution in [0.25, 0.3) is 0 Å². The zero-order valence-corrected chi connectivity index (χ0v) is 15.0. The van der Waals surface area contributed by atoms with Gasteiger partial charge in [-0.2, -0.15) is 0 Å². The molecule has 0 amide bonds. The first-order valence-corrected chi connectivity index (χ1v) is 8.01. The fourth-order valence-electron chi connectivity index (χ4n) is 3.13. The average Bonchev–Trinajstić information content (AvgIpc) is 2.53. The predicted octanol–water partition coefficient (Wildman–Crippen LogP) is 4.16. The number of aryl methyl sites for hydroxylation is 2. The molecule has 0 radical (unpaired) electrons. The summed E-state index contributed by atoms with van der Waals surface area (Å²) in [5.74, 6) is 0.296. The van der Waals surface area contributed by atoms with Gasteiger partial charge >= 0.3 is 0 Å². The zero-order chi connectivity index (χ0) is 17.9. The highest BCUT2D eigenvalue weighted by atomic mass is 16.5. The molecule has 0 aliphatic rings. The molecule has 4 heteroatoms. The first-order chi connectivity index (χ1) is 11.4. The highest BCUT2D eigenvalue weighted by molar-refractivity contribution is 5.53. The van der Waals surface area contributed by atoms with Crippen LogP contribution in [0.1, 0.15) is 46.2 Å². The van der Waals surface area contributed by atoms with Gasteiger partial charge in [-0.1, -0.05) is 42.3 Å². The molecule has 0 fully saturated rings. The van der Waals surface area contributed by atoms with Crippen molar-refractivity contribution in [1.29, 1.82) is 0 Å². The Bertz CT molecular complexity index is 661. The minimum absolute atomic E-state index is 0.156. The number of hydrogen-bond donors (Lipinski definition) is 2. The van der Waals surface area contributed by atoms with E-state index < -0.39 is 0 Å². The molecule has 2 aromatic rings. The van der Waals surface area contributed by atoms with Gasteiger partial charge < -0.3 is 19.7 Å². The molecule has 2 rings (SSSR count). The van der Waals surface area contributed by atoms with E-state index in [1.54, 1.807) is 14.2 Å². The number of hydrogen-bond acceptors (Lipinski definition) is 4. The Labute approximate surface area is 143 Å². The molecule has 0 aromatic heterocycles. The number of aromatic hydroxyl groups is 2. The molecule has 2 N–H and O–H groups in total. The summed E-state index contributed by atoms with van der Waals surface area (Å²) in [6, 6.07) is 7.75. The smallest absolute Gasteiger partial charge is 0.124 e. The van der Waals surface area contributed by atoms with Crippen LogP contribution in [0, 0.1) is 13.8 Å². The molecule has 0 unspecified atom stereocenters. The van der Waals surface area contributed by atoms with E-state index >= 15 is 0 Å². The normalized spacial score (nSPS) is 11.2. The molecule has 0 bridgehead atoms. The van der Waals surface area contributed by atoms with Crippen molar-refractivity contribution in [1.82, 2.24) is 0 Å². The summed E-state index contributed by atoms with van der Waals surface area (Å²) < 4.78 is 10.3. The highest BCUT2D eigenvalue weighted by Crippen LogP contribution is 2.39. The molecule has 2 aromatic carbocycles. The summed E-state index contributed by atoms with van der Waals surface area (Å²) in [5, 5.41) is 21.2. The van der Waals surface area contributed by atoms with Gasteiger partial charge in [0.05, 0.1) is 13.2 Å². The fraction of sp³-hybridized carbons (Fsp3) is 0.400. The molecule has 0 aliphatic heterocycles. The Balaban J connectivity index is 2.55. The van der Waals surface area contributed by atoms with E-state index in [-0.39, 0.29) is 17.4 Å². The largest absolute Gasteiger partial charge is 0.507 e. The van der Waals surface area contributed by atoms with E-state index in [9.17, 15) is 10.2 Å². The summed E-state index contributed by atoms with van der Waals surface area (Å²) in [4.78, 5) is 0. The predicted molar refractivity (Wildman–Crippen MR) is 94.6 cm³/mol. The first-order valence-electron chi connectivity index (χ1n) is 8.01. The number of phenols is 2. The van der Waals surface area contributed by atoms with Crippen molar-refractivity contribution in [3.8, 4) is 11.5 Å². The summed E-state index contributed by atoms with van der Waals surface area (Å²) in [5.41, 5.74) is 5.17. The van der Waals surface area contributed by atoms with E-state index in [2.05, 4.69) is 0 Å². The van der Waals surface area contributed by atoms with Gasteiger partial charge in [0.1, 0.15) is 11.5 Å². The van der Waals surface area contributed by atoms with E-state index in [4.69, 9.17) is 9.47 Å². The van der Waals surface area contributed by atoms with Crippen LogP contribution in [0.4, 0.5) is 0 Å². The molecule has 0 aliphatic carbocycles. The van der Waals surface area contributed by atoms with Crippen molar-refractivity contribution in [2.75, 3.05) is 14.2 Å². The molecule has 24 heavy (non-hydrogen) atoms. The number of phenolic OH excluding ortho intramolecular Hbond substituents is 2. The van der Waals surface area contributed by atoms with Crippen LogP contribution >= 0.6 is 0 Å². The van der Waals surface area contributed by atoms with Gasteiger partial charge in [0.2, 0.25) is 0 Å². The standard InChI is InChI=1S/C20H26O4/c1-12-6-15(10-23-4)19(21)17(8-12)14(3)18-9-13(2)7-16(11-24-5)20(18)22/h6-9,14,21-22H,10-11H2,1-5H3. The van der Waals surface area contributed by atoms with Crippen LogP contribution in [0.2, 0.25) is 0 Å². The van der Waals surface area contributed by atoms with Crippen molar-refractivity contribution < 1.29 is 19.7 Å². The number of rotatable bonds is 6. The fourth-order valence-corrected chi connectivity index (χ4v) is 3.13. The number of benzene rings is 2. The second-order valence-electron chi connectivity index (χ2n) is 6.31. The lowest BCUT2D eigenvalue weighted by atomic mass is 9.87. The maximum atomic E-state index is 10.6. The summed E-state index contributed by atoms with van der Waals surface area (Å²) in [6.07, 6.45) is 0. The van der Waals surface area contributed by atoms with E-state index in [1.165, 1.54) is 0 Å². The van der Waals surface area contributed by atoms with Gasteiger partial charge in [-0.25, -0.2) is 0 Å². The molecule has 130 valence electrons. The molecular weight excluding hydrogens is 304 g/mol. The third kappa shape index (κ3) is 3.71. The molecular formula is C20H26O4. The maximum Gasteiger partial charge on any atom is 0.124 e. The Morgan fingerprint density at radius 2 is 1.17 bits per heavy atom. The quantitative estimate of drug-likeness (QED) is 0.835. The average molecular weight is 330 g/mol. The molecule has 4 nitrogen and oxygen atoms in total. The van der Waals surface area contributed by atoms with Gasteiger partial charge in [0.15, 0.2) is 0 Å². The van der Waals surface area contributed by atoms with Gasteiger partial charge in [-0.3, -0.25) is 0 Å². The van der Waals surface area contributed by atoms with Crippen LogP contribution in [-0.4, -0.2) is 24.4 Å². The summed E-state index contributed by atoms with van der Waals surface area (Å²) >= 11 is 0. The summed E-state index contributed by atoms with van der Waals surface area (Å²) in [7, 11) is 3.21. The Morgan fingerprint density at radius 3 is 1.50 bits per heavy atom. The van der Waals surface area contributed by atoms with Crippen LogP contribution in [0.15, 0.2) is 24.3 Å². The second-order valence-corrected chi connectivity index (χ2v) is 6.31. The molecule has 0 saturated heterocycles. The SMILES string of the molecule is COCc1cc(C)cc(C(C)c2cc(C)cc(COC)c2O)c1O. The zero-order valence-electron chi connectivity index (χ0n) is 15.0. The third-order valence-electron chi connectivity index (χ3n) is 4.26. The highest BCUT2D eigenvalue weighted by Gasteiger charge is 2.21. The van der Waals surface area contributed by atoms with Crippen LogP contribution in [0.3, 0.4) is 0 Å². The molecule has 0 saturated carbocycles. The minimum atomic E-state index is -0.156. The Morgan fingerprint density at radius 1 is 0.792 bits per heavy atom. The van der Waals surface area contributed by atoms with E-state index in [0.717, 1.165) is 33.4 Å². The van der Waals surface area contributed by atoms with E-state index in [0.29, 0.717) is 13.2 Å². The maximum absolute atomic E-state index is 10.6. The monoisotopic (exact) mass is 330 g/mol. The van der Waals surface area contributed by atoms with Gasteiger partial charge in [-0.05, 0) is 13.8 Å². The lowest BCUT2D eigenvalue weighted by Gasteiger charge is -2.20. The third-order valence-corrected chi connectivity index (χ3v) is 4.26. The summed E-state index contributed by atoms with van der Waals surface area (Å²) in [6.45, 7) is 6.66. The van der Waals surface area contributed by atoms with Crippen molar-refractivity contribution in [2.45, 2.75) is 39.9 Å². The molecule has 0 spiro atoms. The Hall–Kier alpha value is -2.04. The lowest BCUT2D eigenvalue weighted by molar-refractivity contribution is 0.181. The van der Waals surface area contributed by atoms with Crippen molar-refractivity contribution in [2.24, 2.45) is 0 Å². The van der Waals surface area contributed by atoms with Crippen LogP contribution in [-0.2, 0) is 22.7 Å². The Kier molecular flexibility index (Phi) is 5.86. The van der Waals surface area contributed by atoms with Crippen molar-refractivity contribution >= 4 is 0 Å².